The molecule has 1 aliphatic rings. The monoisotopic (exact) mass is 453 g/mol. The summed E-state index contributed by atoms with van der Waals surface area (Å²) in [6, 6.07) is 20.0. The van der Waals surface area contributed by atoms with Crippen LogP contribution in [0, 0.1) is 11.3 Å². The molecular weight excluding hydrogens is 422 g/mol. The molecule has 3 heterocycles. The van der Waals surface area contributed by atoms with Crippen LogP contribution in [-0.2, 0) is 13.1 Å². The summed E-state index contributed by atoms with van der Waals surface area (Å²) in [6.45, 7) is 10.9. The summed E-state index contributed by atoms with van der Waals surface area (Å²) in [5.41, 5.74) is 11.5. The number of aromatic nitrogens is 3. The Morgan fingerprint density at radius 3 is 2.38 bits per heavy atom. The summed E-state index contributed by atoms with van der Waals surface area (Å²) in [5, 5.41) is 17.5. The second-order valence-electron chi connectivity index (χ2n) is 9.41. The molecule has 0 atom stereocenters. The van der Waals surface area contributed by atoms with E-state index in [1.807, 2.05) is 6.07 Å². The molecule has 5 rings (SSSR count). The number of piperazine rings is 1. The molecule has 2 aromatic heterocycles. The number of nitriles is 1. The fourth-order valence-electron chi connectivity index (χ4n) is 4.80. The van der Waals surface area contributed by atoms with Gasteiger partial charge in [0.25, 0.3) is 0 Å². The van der Waals surface area contributed by atoms with Crippen LogP contribution in [-0.4, -0.2) is 56.8 Å². The molecule has 1 saturated heterocycles. The predicted octanol–water partition coefficient (Wildman–Crippen LogP) is 4.06. The van der Waals surface area contributed by atoms with Crippen molar-refractivity contribution in [3.05, 3.63) is 71.4 Å². The first kappa shape index (κ1) is 22.2. The minimum Gasteiger partial charge on any atom is -0.381 e. The molecule has 4 aromatic rings. The molecule has 2 aromatic carbocycles. The zero-order valence-electron chi connectivity index (χ0n) is 19.8. The fraction of sp³-hybridized carbons (Fsp3) is 0.333. The van der Waals surface area contributed by atoms with Crippen molar-refractivity contribution in [3.8, 4) is 17.3 Å². The average Bonchev–Trinajstić information content (AvgIpc) is 3.43. The van der Waals surface area contributed by atoms with Crippen molar-refractivity contribution in [1.82, 2.24) is 24.6 Å². The van der Waals surface area contributed by atoms with Crippen LogP contribution in [0.3, 0.4) is 0 Å². The van der Waals surface area contributed by atoms with Gasteiger partial charge in [-0.15, -0.1) is 0 Å². The lowest BCUT2D eigenvalue weighted by atomic mass is 10.1. The number of aromatic amines is 1. The van der Waals surface area contributed by atoms with E-state index in [2.05, 4.69) is 93.1 Å². The molecule has 34 heavy (non-hydrogen) atoms. The molecular formula is C27H31N7. The molecule has 0 unspecified atom stereocenters. The van der Waals surface area contributed by atoms with Crippen molar-refractivity contribution in [3.63, 3.8) is 0 Å². The number of nitrogens with two attached hydrogens (primary N) is 1. The Morgan fingerprint density at radius 2 is 1.71 bits per heavy atom. The van der Waals surface area contributed by atoms with Crippen molar-refractivity contribution < 1.29 is 0 Å². The molecule has 7 nitrogen and oxygen atoms in total. The van der Waals surface area contributed by atoms with Crippen LogP contribution in [0.25, 0.3) is 22.2 Å². The number of nitrogen functional groups attached to an aromatic ring is 1. The van der Waals surface area contributed by atoms with Crippen molar-refractivity contribution in [1.29, 1.82) is 5.26 Å². The van der Waals surface area contributed by atoms with E-state index in [1.165, 1.54) is 11.1 Å². The van der Waals surface area contributed by atoms with E-state index in [-0.39, 0.29) is 5.82 Å². The van der Waals surface area contributed by atoms with Crippen molar-refractivity contribution in [2.45, 2.75) is 33.0 Å². The van der Waals surface area contributed by atoms with Crippen LogP contribution in [0.2, 0.25) is 0 Å². The first-order chi connectivity index (χ1) is 16.5. The first-order valence-electron chi connectivity index (χ1n) is 11.9. The first-order valence-corrected chi connectivity index (χ1v) is 11.9. The number of hydrogen-bond donors (Lipinski definition) is 2. The summed E-state index contributed by atoms with van der Waals surface area (Å²) >= 11 is 0. The number of nitrogens with zero attached hydrogens (tertiary/aromatic N) is 5. The number of fused-ring (bicyclic) bond motifs is 1. The van der Waals surface area contributed by atoms with Crippen LogP contribution in [0.1, 0.15) is 30.5 Å². The summed E-state index contributed by atoms with van der Waals surface area (Å²) < 4.78 is 2.24. The third-order valence-electron chi connectivity index (χ3n) is 6.89. The van der Waals surface area contributed by atoms with E-state index < -0.39 is 0 Å². The Labute approximate surface area is 200 Å². The maximum Gasteiger partial charge on any atom is 0.163 e. The molecule has 1 fully saturated rings. The maximum atomic E-state index is 9.43. The van der Waals surface area contributed by atoms with Gasteiger partial charge in [-0.1, -0.05) is 36.4 Å². The lowest BCUT2D eigenvalue weighted by Gasteiger charge is -2.36. The molecule has 0 bridgehead atoms. The number of benzene rings is 2. The highest BCUT2D eigenvalue weighted by molar-refractivity contribution is 5.86. The zero-order valence-corrected chi connectivity index (χ0v) is 19.8. The highest BCUT2D eigenvalue weighted by atomic mass is 15.3. The average molecular weight is 454 g/mol. The summed E-state index contributed by atoms with van der Waals surface area (Å²) in [7, 11) is 0. The van der Waals surface area contributed by atoms with Crippen LogP contribution < -0.4 is 5.73 Å². The van der Waals surface area contributed by atoms with Gasteiger partial charge in [-0.05, 0) is 42.5 Å². The third-order valence-corrected chi connectivity index (χ3v) is 6.89. The van der Waals surface area contributed by atoms with Crippen LogP contribution >= 0.6 is 0 Å². The van der Waals surface area contributed by atoms with E-state index in [1.54, 1.807) is 0 Å². The second-order valence-corrected chi connectivity index (χ2v) is 9.41. The van der Waals surface area contributed by atoms with Crippen LogP contribution in [0.4, 0.5) is 5.82 Å². The lowest BCUT2D eigenvalue weighted by Crippen LogP contribution is -2.48. The van der Waals surface area contributed by atoms with Gasteiger partial charge in [-0.25, -0.2) is 0 Å². The fourth-order valence-corrected chi connectivity index (χ4v) is 4.80. The van der Waals surface area contributed by atoms with E-state index in [0.717, 1.165) is 55.7 Å². The van der Waals surface area contributed by atoms with Crippen LogP contribution in [0.5, 0.6) is 0 Å². The van der Waals surface area contributed by atoms with Gasteiger partial charge in [-0.3, -0.25) is 14.9 Å². The molecule has 1 aliphatic heterocycles. The predicted molar refractivity (Wildman–Crippen MR) is 136 cm³/mol. The van der Waals surface area contributed by atoms with Gasteiger partial charge >= 0.3 is 0 Å². The van der Waals surface area contributed by atoms with Crippen molar-refractivity contribution in [2.24, 2.45) is 0 Å². The largest absolute Gasteiger partial charge is 0.381 e. The van der Waals surface area contributed by atoms with E-state index in [9.17, 15) is 5.26 Å². The Balaban J connectivity index is 1.29. The molecule has 0 amide bonds. The van der Waals surface area contributed by atoms with Gasteiger partial charge in [0.05, 0.1) is 5.69 Å². The van der Waals surface area contributed by atoms with Gasteiger partial charge in [0, 0.05) is 62.6 Å². The maximum absolute atomic E-state index is 9.43. The number of H-pyrrole nitrogens is 1. The minimum atomic E-state index is 0.231. The molecule has 3 N–H and O–H groups in total. The number of anilines is 1. The molecule has 7 heteroatoms. The molecule has 0 saturated carbocycles. The highest BCUT2D eigenvalue weighted by Crippen LogP contribution is 2.28. The van der Waals surface area contributed by atoms with E-state index in [4.69, 9.17) is 5.73 Å². The smallest absolute Gasteiger partial charge is 0.163 e. The van der Waals surface area contributed by atoms with Crippen molar-refractivity contribution in [2.75, 3.05) is 31.9 Å². The Hall–Kier alpha value is -3.60. The Bertz CT molecular complexity index is 1320. The van der Waals surface area contributed by atoms with Gasteiger partial charge < -0.3 is 10.3 Å². The molecule has 0 spiro atoms. The SMILES string of the molecule is CC(C)N1CCN(Cc2ccc(Cn3ccc4ccc(-c5[nH]nc(N)c5C#N)cc43)cc2)CC1. The van der Waals surface area contributed by atoms with Gasteiger partial charge in [0.15, 0.2) is 5.82 Å². The molecule has 0 aliphatic carbocycles. The van der Waals surface area contributed by atoms with E-state index >= 15 is 0 Å². The Morgan fingerprint density at radius 1 is 1.00 bits per heavy atom. The summed E-state index contributed by atoms with van der Waals surface area (Å²) in [6.07, 6.45) is 2.11. The summed E-state index contributed by atoms with van der Waals surface area (Å²) in [4.78, 5) is 5.10. The normalized spacial score (nSPS) is 15.2. The molecule has 174 valence electrons. The zero-order chi connectivity index (χ0) is 23.7. The third kappa shape index (κ3) is 4.43. The lowest BCUT2D eigenvalue weighted by molar-refractivity contribution is 0.104. The van der Waals surface area contributed by atoms with E-state index in [0.29, 0.717) is 17.3 Å². The Kier molecular flexibility index (Phi) is 6.10. The molecule has 0 radical (unpaired) electrons. The minimum absolute atomic E-state index is 0.231. The van der Waals surface area contributed by atoms with Gasteiger partial charge in [0.1, 0.15) is 11.6 Å². The topological polar surface area (TPSA) is 89.9 Å². The van der Waals surface area contributed by atoms with Gasteiger partial charge in [0.2, 0.25) is 0 Å². The number of hydrogen-bond acceptors (Lipinski definition) is 5. The number of nitrogens with one attached hydrogen (secondary N) is 1. The van der Waals surface area contributed by atoms with Crippen molar-refractivity contribution >= 4 is 16.7 Å². The summed E-state index contributed by atoms with van der Waals surface area (Å²) in [5.74, 6) is 0.231. The van der Waals surface area contributed by atoms with Crippen LogP contribution in [0.15, 0.2) is 54.7 Å². The van der Waals surface area contributed by atoms with Gasteiger partial charge in [-0.2, -0.15) is 10.4 Å². The number of rotatable bonds is 6. The quantitative estimate of drug-likeness (QED) is 0.460. The second kappa shape index (κ2) is 9.34. The standard InChI is InChI=1S/C27H31N7/c1-19(2)33-13-11-32(12-14-33)17-20-3-5-21(6-4-20)18-34-10-9-22-7-8-23(15-25(22)34)26-24(16-28)27(29)31-30-26/h3-10,15,19H,11-14,17-18H2,1-2H3,(H3,29,30,31). The highest BCUT2D eigenvalue weighted by Gasteiger charge is 2.18.